The van der Waals surface area contributed by atoms with Crippen LogP contribution in [0.4, 0.5) is 5.69 Å². The molecule has 0 atom stereocenters. The first-order chi connectivity index (χ1) is 8.45. The van der Waals surface area contributed by atoms with Crippen LogP contribution in [0.2, 0.25) is 0 Å². The topological polar surface area (TPSA) is 67.4 Å². The van der Waals surface area contributed by atoms with Crippen molar-refractivity contribution in [1.82, 2.24) is 4.72 Å². The summed E-state index contributed by atoms with van der Waals surface area (Å²) in [6.07, 6.45) is 0.218. The molecule has 1 aromatic rings. The zero-order valence-electron chi connectivity index (χ0n) is 10.9. The quantitative estimate of drug-likeness (QED) is 0.737. The molecule has 0 aliphatic rings. The Hall–Kier alpha value is -1.11. The van der Waals surface area contributed by atoms with Gasteiger partial charge < -0.3 is 10.1 Å². The lowest BCUT2D eigenvalue weighted by atomic mass is 10.3. The highest BCUT2D eigenvalue weighted by atomic mass is 32.2. The van der Waals surface area contributed by atoms with E-state index in [-0.39, 0.29) is 11.0 Å². The Morgan fingerprint density at radius 2 is 1.83 bits per heavy atom. The number of hydrogen-bond donors (Lipinski definition) is 2. The summed E-state index contributed by atoms with van der Waals surface area (Å²) in [6.45, 7) is 5.28. The van der Waals surface area contributed by atoms with Gasteiger partial charge in [0.25, 0.3) is 0 Å². The summed E-state index contributed by atoms with van der Waals surface area (Å²) in [7, 11) is -1.96. The number of sulfonamides is 1. The Morgan fingerprint density at radius 1 is 1.22 bits per heavy atom. The smallest absolute Gasteiger partial charge is 0.240 e. The van der Waals surface area contributed by atoms with E-state index in [0.717, 1.165) is 5.69 Å². The number of anilines is 1. The van der Waals surface area contributed by atoms with Gasteiger partial charge in [0.15, 0.2) is 0 Å². The van der Waals surface area contributed by atoms with E-state index in [1.54, 1.807) is 24.3 Å². The van der Waals surface area contributed by atoms with Gasteiger partial charge in [0, 0.05) is 12.2 Å². The van der Waals surface area contributed by atoms with Crippen LogP contribution in [-0.4, -0.2) is 34.7 Å². The number of nitrogens with one attached hydrogen (secondary N) is 2. The Labute approximate surface area is 109 Å². The zero-order chi connectivity index (χ0) is 13.6. The third kappa shape index (κ3) is 4.64. The Morgan fingerprint density at radius 3 is 2.33 bits per heavy atom. The van der Waals surface area contributed by atoms with Crippen molar-refractivity contribution in [1.29, 1.82) is 0 Å². The third-order valence-electron chi connectivity index (χ3n) is 2.32. The van der Waals surface area contributed by atoms with Crippen LogP contribution >= 0.6 is 0 Å². The molecule has 0 amide bonds. The fourth-order valence-electron chi connectivity index (χ4n) is 1.36. The highest BCUT2D eigenvalue weighted by molar-refractivity contribution is 7.89. The predicted octanol–water partition coefficient (Wildman–Crippen LogP) is 1.43. The van der Waals surface area contributed by atoms with E-state index in [1.165, 1.54) is 7.05 Å². The first-order valence-corrected chi connectivity index (χ1v) is 7.33. The van der Waals surface area contributed by atoms with Crippen LogP contribution in [0.15, 0.2) is 29.2 Å². The molecule has 1 rings (SSSR count). The van der Waals surface area contributed by atoms with E-state index in [4.69, 9.17) is 4.74 Å². The standard InChI is InChI=1S/C12H20N2O3S/c1-10(2)17-9-8-14-11-4-6-12(7-5-11)18(15,16)13-3/h4-7,10,13-14H,8-9H2,1-3H3. The molecule has 1 aromatic carbocycles. The van der Waals surface area contributed by atoms with Gasteiger partial charge in [-0.25, -0.2) is 13.1 Å². The molecule has 0 saturated heterocycles. The number of rotatable bonds is 7. The van der Waals surface area contributed by atoms with E-state index in [0.29, 0.717) is 13.2 Å². The number of ether oxygens (including phenoxy) is 1. The van der Waals surface area contributed by atoms with Crippen molar-refractivity contribution in [3.63, 3.8) is 0 Å². The van der Waals surface area contributed by atoms with Crippen LogP contribution in [-0.2, 0) is 14.8 Å². The zero-order valence-corrected chi connectivity index (χ0v) is 11.8. The minimum Gasteiger partial charge on any atom is -0.383 e. The molecule has 0 heterocycles. The lowest BCUT2D eigenvalue weighted by molar-refractivity contribution is 0.0870. The third-order valence-corrected chi connectivity index (χ3v) is 3.75. The van der Waals surface area contributed by atoms with Crippen molar-refractivity contribution in [2.75, 3.05) is 25.5 Å². The lowest BCUT2D eigenvalue weighted by Gasteiger charge is -2.10. The Bertz CT molecular complexity index is 455. The molecule has 0 radical (unpaired) electrons. The summed E-state index contributed by atoms with van der Waals surface area (Å²) in [6, 6.07) is 6.61. The van der Waals surface area contributed by atoms with Gasteiger partial charge in [-0.2, -0.15) is 0 Å². The molecule has 0 aromatic heterocycles. The fraction of sp³-hybridized carbons (Fsp3) is 0.500. The largest absolute Gasteiger partial charge is 0.383 e. The maximum absolute atomic E-state index is 11.5. The average Bonchev–Trinajstić information content (AvgIpc) is 2.35. The summed E-state index contributed by atoms with van der Waals surface area (Å²) in [5, 5.41) is 3.16. The molecule has 0 fully saturated rings. The lowest BCUT2D eigenvalue weighted by Crippen LogP contribution is -2.18. The minimum absolute atomic E-state index is 0.218. The molecule has 2 N–H and O–H groups in total. The van der Waals surface area contributed by atoms with Crippen molar-refractivity contribution in [2.45, 2.75) is 24.8 Å². The molecule has 18 heavy (non-hydrogen) atoms. The highest BCUT2D eigenvalue weighted by Crippen LogP contribution is 2.13. The molecule has 0 aliphatic heterocycles. The summed E-state index contributed by atoms with van der Waals surface area (Å²) in [5.74, 6) is 0. The second kappa shape index (κ2) is 6.72. The number of hydrogen-bond acceptors (Lipinski definition) is 4. The minimum atomic E-state index is -3.35. The van der Waals surface area contributed by atoms with Crippen LogP contribution < -0.4 is 10.0 Å². The van der Waals surface area contributed by atoms with Crippen molar-refractivity contribution in [3.8, 4) is 0 Å². The van der Waals surface area contributed by atoms with Crippen molar-refractivity contribution >= 4 is 15.7 Å². The van der Waals surface area contributed by atoms with Gasteiger partial charge in [0.2, 0.25) is 10.0 Å². The SMILES string of the molecule is CNS(=O)(=O)c1ccc(NCCOC(C)C)cc1. The van der Waals surface area contributed by atoms with E-state index in [9.17, 15) is 8.42 Å². The molecular weight excluding hydrogens is 252 g/mol. The van der Waals surface area contributed by atoms with Crippen LogP contribution in [0.1, 0.15) is 13.8 Å². The second-order valence-electron chi connectivity index (χ2n) is 4.08. The van der Waals surface area contributed by atoms with Crippen molar-refractivity contribution in [3.05, 3.63) is 24.3 Å². The van der Waals surface area contributed by atoms with Gasteiger partial charge in [-0.15, -0.1) is 0 Å². The highest BCUT2D eigenvalue weighted by Gasteiger charge is 2.09. The molecule has 0 unspecified atom stereocenters. The molecule has 0 bridgehead atoms. The maximum Gasteiger partial charge on any atom is 0.240 e. The van der Waals surface area contributed by atoms with Crippen LogP contribution in [0.25, 0.3) is 0 Å². The second-order valence-corrected chi connectivity index (χ2v) is 5.96. The van der Waals surface area contributed by atoms with E-state index in [2.05, 4.69) is 10.0 Å². The molecule has 0 saturated carbocycles. The maximum atomic E-state index is 11.5. The van der Waals surface area contributed by atoms with E-state index >= 15 is 0 Å². The Kier molecular flexibility index (Phi) is 5.58. The van der Waals surface area contributed by atoms with Gasteiger partial charge in [0.05, 0.1) is 17.6 Å². The van der Waals surface area contributed by atoms with Crippen LogP contribution in [0, 0.1) is 0 Å². The fourth-order valence-corrected chi connectivity index (χ4v) is 2.09. The van der Waals surface area contributed by atoms with Crippen molar-refractivity contribution in [2.24, 2.45) is 0 Å². The van der Waals surface area contributed by atoms with Gasteiger partial charge in [-0.1, -0.05) is 0 Å². The van der Waals surface area contributed by atoms with Gasteiger partial charge in [0.1, 0.15) is 0 Å². The first kappa shape index (κ1) is 14.9. The first-order valence-electron chi connectivity index (χ1n) is 5.85. The monoisotopic (exact) mass is 272 g/mol. The summed E-state index contributed by atoms with van der Waals surface area (Å²) in [4.78, 5) is 0.258. The van der Waals surface area contributed by atoms with Crippen LogP contribution in [0.5, 0.6) is 0 Å². The predicted molar refractivity (Wildman–Crippen MR) is 72.3 cm³/mol. The van der Waals surface area contributed by atoms with Gasteiger partial charge in [-0.3, -0.25) is 0 Å². The number of benzene rings is 1. The summed E-state index contributed by atoms with van der Waals surface area (Å²) < 4.78 is 30.7. The molecular formula is C12H20N2O3S. The van der Waals surface area contributed by atoms with Crippen molar-refractivity contribution < 1.29 is 13.2 Å². The van der Waals surface area contributed by atoms with E-state index < -0.39 is 10.0 Å². The molecule has 5 nitrogen and oxygen atoms in total. The summed E-state index contributed by atoms with van der Waals surface area (Å²) in [5.41, 5.74) is 0.873. The van der Waals surface area contributed by atoms with Crippen LogP contribution in [0.3, 0.4) is 0 Å². The Balaban J connectivity index is 2.51. The van der Waals surface area contributed by atoms with Gasteiger partial charge >= 0.3 is 0 Å². The normalized spacial score (nSPS) is 11.8. The summed E-state index contributed by atoms with van der Waals surface area (Å²) >= 11 is 0. The molecule has 102 valence electrons. The molecule has 0 spiro atoms. The molecule has 6 heteroatoms. The molecule has 0 aliphatic carbocycles. The average molecular weight is 272 g/mol. The van der Waals surface area contributed by atoms with Gasteiger partial charge in [-0.05, 0) is 45.2 Å². The van der Waals surface area contributed by atoms with E-state index in [1.807, 2.05) is 13.8 Å².